The van der Waals surface area contributed by atoms with E-state index >= 15 is 0 Å². The van der Waals surface area contributed by atoms with Gasteiger partial charge in [0.2, 0.25) is 11.9 Å². The van der Waals surface area contributed by atoms with Crippen LogP contribution in [0.3, 0.4) is 0 Å². The van der Waals surface area contributed by atoms with Gasteiger partial charge in [-0.05, 0) is 18.6 Å². The van der Waals surface area contributed by atoms with Gasteiger partial charge >= 0.3 is 0 Å². The van der Waals surface area contributed by atoms with Crippen LogP contribution in [0.4, 0.5) is 5.95 Å². The summed E-state index contributed by atoms with van der Waals surface area (Å²) in [5, 5.41) is 14.4. The molecular weight excluding hydrogens is 282 g/mol. The van der Waals surface area contributed by atoms with E-state index in [4.69, 9.17) is 11.1 Å². The first kappa shape index (κ1) is 13.8. The lowest BCUT2D eigenvalue weighted by molar-refractivity contribution is 0.1000. The number of aryl methyl sites for hydroxylation is 1. The maximum absolute atomic E-state index is 12.7. The van der Waals surface area contributed by atoms with Crippen molar-refractivity contribution in [3.63, 3.8) is 0 Å². The molecule has 112 valence electrons. The second kappa shape index (κ2) is 5.32. The number of H-pyrrole nitrogens is 2. The molecule has 0 bridgehead atoms. The van der Waals surface area contributed by atoms with E-state index in [2.05, 4.69) is 20.2 Å². The molecule has 3 rings (SSSR count). The van der Waals surface area contributed by atoms with Crippen LogP contribution in [0.25, 0.3) is 11.0 Å². The summed E-state index contributed by atoms with van der Waals surface area (Å²) >= 11 is 0. The first-order chi connectivity index (χ1) is 10.6. The zero-order chi connectivity index (χ0) is 15.7. The number of imidazole rings is 1. The minimum Gasteiger partial charge on any atom is -0.369 e. The van der Waals surface area contributed by atoms with E-state index in [-0.39, 0.29) is 5.95 Å². The Kier molecular flexibility index (Phi) is 3.34. The normalized spacial score (nSPS) is 10.8. The first-order valence-corrected chi connectivity index (χ1v) is 6.77. The van der Waals surface area contributed by atoms with Crippen LogP contribution in [0.2, 0.25) is 0 Å². The SMILES string of the molecule is CCc1[nH]ncc1C(=O)N(C(=N)N)c1nc2ccccc2[nH]1. The van der Waals surface area contributed by atoms with Crippen molar-refractivity contribution in [3.8, 4) is 0 Å². The van der Waals surface area contributed by atoms with E-state index in [9.17, 15) is 4.79 Å². The molecule has 0 aliphatic heterocycles. The van der Waals surface area contributed by atoms with E-state index < -0.39 is 11.9 Å². The average molecular weight is 297 g/mol. The molecule has 0 radical (unpaired) electrons. The van der Waals surface area contributed by atoms with Gasteiger partial charge in [0, 0.05) is 5.69 Å². The molecule has 0 saturated heterocycles. The Hall–Kier alpha value is -3.16. The first-order valence-electron chi connectivity index (χ1n) is 6.77. The lowest BCUT2D eigenvalue weighted by atomic mass is 10.2. The molecule has 8 heteroatoms. The third-order valence-corrected chi connectivity index (χ3v) is 3.33. The fourth-order valence-corrected chi connectivity index (χ4v) is 2.25. The van der Waals surface area contributed by atoms with E-state index in [0.717, 1.165) is 10.4 Å². The number of nitrogens with zero attached hydrogens (tertiary/aromatic N) is 3. The molecule has 0 atom stereocenters. The number of guanidine groups is 1. The molecule has 0 aliphatic rings. The highest BCUT2D eigenvalue weighted by Gasteiger charge is 2.26. The molecule has 0 saturated carbocycles. The molecule has 8 nitrogen and oxygen atoms in total. The van der Waals surface area contributed by atoms with Crippen LogP contribution in [-0.2, 0) is 6.42 Å². The fraction of sp³-hybridized carbons (Fsp3) is 0.143. The van der Waals surface area contributed by atoms with E-state index in [1.54, 1.807) is 0 Å². The number of carbonyl (C=O) groups excluding carboxylic acids is 1. The number of hydrogen-bond acceptors (Lipinski definition) is 4. The lowest BCUT2D eigenvalue weighted by Crippen LogP contribution is -2.42. The maximum atomic E-state index is 12.7. The Bertz CT molecular complexity index is 815. The van der Waals surface area contributed by atoms with Crippen molar-refractivity contribution < 1.29 is 4.79 Å². The quantitative estimate of drug-likeness (QED) is 0.430. The predicted molar refractivity (Wildman–Crippen MR) is 82.8 cm³/mol. The minimum atomic E-state index is -0.447. The van der Waals surface area contributed by atoms with Crippen LogP contribution in [0.5, 0.6) is 0 Å². The minimum absolute atomic E-state index is 0.210. The zero-order valence-corrected chi connectivity index (χ0v) is 11.9. The fourth-order valence-electron chi connectivity index (χ4n) is 2.25. The summed E-state index contributed by atoms with van der Waals surface area (Å²) in [7, 11) is 0. The summed E-state index contributed by atoms with van der Waals surface area (Å²) < 4.78 is 0. The topological polar surface area (TPSA) is 128 Å². The summed E-state index contributed by atoms with van der Waals surface area (Å²) in [4.78, 5) is 21.0. The van der Waals surface area contributed by atoms with Gasteiger partial charge in [0.1, 0.15) is 0 Å². The molecule has 2 heterocycles. The van der Waals surface area contributed by atoms with Crippen LogP contribution in [0.15, 0.2) is 30.5 Å². The van der Waals surface area contributed by atoms with Gasteiger partial charge in [-0.25, -0.2) is 9.88 Å². The Balaban J connectivity index is 2.06. The van der Waals surface area contributed by atoms with Crippen molar-refractivity contribution in [2.24, 2.45) is 5.73 Å². The molecule has 5 N–H and O–H groups in total. The van der Waals surface area contributed by atoms with Gasteiger partial charge in [-0.1, -0.05) is 19.1 Å². The lowest BCUT2D eigenvalue weighted by Gasteiger charge is -2.17. The Morgan fingerprint density at radius 3 is 2.86 bits per heavy atom. The maximum Gasteiger partial charge on any atom is 0.271 e. The number of para-hydroxylation sites is 2. The highest BCUT2D eigenvalue weighted by molar-refractivity contribution is 6.20. The van der Waals surface area contributed by atoms with Crippen molar-refractivity contribution in [1.82, 2.24) is 20.2 Å². The van der Waals surface area contributed by atoms with Crippen LogP contribution < -0.4 is 10.6 Å². The number of anilines is 1. The zero-order valence-electron chi connectivity index (χ0n) is 11.9. The monoisotopic (exact) mass is 297 g/mol. The van der Waals surface area contributed by atoms with Crippen LogP contribution in [-0.4, -0.2) is 32.0 Å². The number of aromatic amines is 2. The molecule has 3 aromatic rings. The molecule has 0 spiro atoms. The second-order valence-electron chi connectivity index (χ2n) is 4.72. The highest BCUT2D eigenvalue weighted by Crippen LogP contribution is 2.19. The van der Waals surface area contributed by atoms with Crippen molar-refractivity contribution in [2.75, 3.05) is 4.90 Å². The van der Waals surface area contributed by atoms with Gasteiger partial charge in [0.05, 0.1) is 22.8 Å². The molecule has 22 heavy (non-hydrogen) atoms. The number of benzene rings is 1. The summed E-state index contributed by atoms with van der Waals surface area (Å²) in [5.41, 5.74) is 8.10. The standard InChI is InChI=1S/C14H15N7O/c1-2-9-8(7-17-20-9)12(22)21(13(15)16)14-18-10-5-3-4-6-11(10)19-14/h3-7H,2H2,1H3,(H3,15,16)(H,17,20)(H,18,19). The number of rotatable bonds is 3. The van der Waals surface area contributed by atoms with E-state index in [0.29, 0.717) is 23.2 Å². The smallest absolute Gasteiger partial charge is 0.271 e. The van der Waals surface area contributed by atoms with Gasteiger partial charge in [-0.15, -0.1) is 0 Å². The largest absolute Gasteiger partial charge is 0.369 e. The van der Waals surface area contributed by atoms with E-state index in [1.807, 2.05) is 31.2 Å². The molecule has 0 aliphatic carbocycles. The number of nitrogens with two attached hydrogens (primary N) is 1. The van der Waals surface area contributed by atoms with Crippen LogP contribution in [0.1, 0.15) is 23.0 Å². The van der Waals surface area contributed by atoms with Gasteiger partial charge in [-0.3, -0.25) is 15.3 Å². The number of nitrogens with one attached hydrogen (secondary N) is 3. The average Bonchev–Trinajstić information content (AvgIpc) is 3.12. The molecule has 1 amide bonds. The third-order valence-electron chi connectivity index (χ3n) is 3.33. The second-order valence-corrected chi connectivity index (χ2v) is 4.72. The van der Waals surface area contributed by atoms with Crippen molar-refractivity contribution in [1.29, 1.82) is 5.41 Å². The number of carbonyl (C=O) groups is 1. The van der Waals surface area contributed by atoms with Crippen molar-refractivity contribution in [2.45, 2.75) is 13.3 Å². The molecule has 0 unspecified atom stereocenters. The molecule has 1 aromatic carbocycles. The van der Waals surface area contributed by atoms with E-state index in [1.165, 1.54) is 6.20 Å². The Labute approximate surface area is 125 Å². The number of fused-ring (bicyclic) bond motifs is 1. The summed E-state index contributed by atoms with van der Waals surface area (Å²) in [5.74, 6) is -0.647. The number of amides is 1. The molecule has 2 aromatic heterocycles. The molecule has 0 fully saturated rings. The number of hydrogen-bond donors (Lipinski definition) is 4. The van der Waals surface area contributed by atoms with Gasteiger partial charge < -0.3 is 10.7 Å². The Morgan fingerprint density at radius 2 is 2.18 bits per heavy atom. The summed E-state index contributed by atoms with van der Waals surface area (Å²) in [6.45, 7) is 1.91. The Morgan fingerprint density at radius 1 is 1.41 bits per heavy atom. The summed E-state index contributed by atoms with van der Waals surface area (Å²) in [6.07, 6.45) is 2.05. The van der Waals surface area contributed by atoms with Crippen molar-refractivity contribution in [3.05, 3.63) is 41.7 Å². The predicted octanol–water partition coefficient (Wildman–Crippen LogP) is 1.39. The van der Waals surface area contributed by atoms with Crippen molar-refractivity contribution >= 4 is 28.8 Å². The van der Waals surface area contributed by atoms with Gasteiger partial charge in [0.15, 0.2) is 0 Å². The van der Waals surface area contributed by atoms with Gasteiger partial charge in [-0.2, -0.15) is 5.10 Å². The molecular formula is C14H15N7O. The summed E-state index contributed by atoms with van der Waals surface area (Å²) in [6, 6.07) is 7.35. The van der Waals surface area contributed by atoms with Gasteiger partial charge in [0.25, 0.3) is 5.91 Å². The van der Waals surface area contributed by atoms with Crippen LogP contribution in [0, 0.1) is 5.41 Å². The van der Waals surface area contributed by atoms with Crippen LogP contribution >= 0.6 is 0 Å². The highest BCUT2D eigenvalue weighted by atomic mass is 16.2. The third kappa shape index (κ3) is 2.20. The number of aromatic nitrogens is 4.